The van der Waals surface area contributed by atoms with Gasteiger partial charge in [0.2, 0.25) is 5.91 Å². The summed E-state index contributed by atoms with van der Waals surface area (Å²) in [5.74, 6) is -0.315. The zero-order valence-corrected chi connectivity index (χ0v) is 17.3. The van der Waals surface area contributed by atoms with Crippen molar-refractivity contribution in [3.63, 3.8) is 0 Å². The first-order valence-corrected chi connectivity index (χ1v) is 11.2. The molecule has 3 unspecified atom stereocenters. The van der Waals surface area contributed by atoms with Gasteiger partial charge in [0, 0.05) is 11.8 Å². The number of piperidine rings is 1. The number of aryl methyl sites for hydroxylation is 1. The highest BCUT2D eigenvalue weighted by Crippen LogP contribution is 2.38. The van der Waals surface area contributed by atoms with Crippen LogP contribution in [-0.4, -0.2) is 68.6 Å². The summed E-state index contributed by atoms with van der Waals surface area (Å²) in [5.41, 5.74) is 1.03. The number of benzene rings is 1. The van der Waals surface area contributed by atoms with Crippen molar-refractivity contribution < 1.29 is 24.6 Å². The maximum absolute atomic E-state index is 13.2. The molecule has 0 radical (unpaired) electrons. The summed E-state index contributed by atoms with van der Waals surface area (Å²) >= 11 is 1.75. The van der Waals surface area contributed by atoms with E-state index in [1.54, 1.807) is 18.7 Å². The lowest BCUT2D eigenvalue weighted by atomic mass is 9.87. The molecule has 1 amide bonds. The van der Waals surface area contributed by atoms with Crippen LogP contribution in [0.4, 0.5) is 0 Å². The fourth-order valence-corrected chi connectivity index (χ4v) is 5.80. The van der Waals surface area contributed by atoms with E-state index in [9.17, 15) is 24.6 Å². The molecule has 0 aliphatic carbocycles. The number of carboxylic acid groups (broad SMARTS) is 2. The third kappa shape index (κ3) is 5.11. The number of carbonyl (C=O) groups excluding carboxylic acids is 1. The summed E-state index contributed by atoms with van der Waals surface area (Å²) in [6.45, 7) is 1.63. The SMILES string of the molecule is C[C@H](NC(CCc1ccccc1)C(=O)O)C(=O)N1C2CSCC2CC[C@H]1C(=O)O. The van der Waals surface area contributed by atoms with Gasteiger partial charge in [-0.1, -0.05) is 30.3 Å². The van der Waals surface area contributed by atoms with Crippen molar-refractivity contribution in [2.24, 2.45) is 5.92 Å². The number of nitrogens with one attached hydrogen (secondary N) is 1. The quantitative estimate of drug-likeness (QED) is 0.589. The summed E-state index contributed by atoms with van der Waals surface area (Å²) in [6.07, 6.45) is 2.19. The zero-order valence-electron chi connectivity index (χ0n) is 16.5. The van der Waals surface area contributed by atoms with Gasteiger partial charge in [-0.2, -0.15) is 11.8 Å². The number of amides is 1. The molecule has 1 aromatic carbocycles. The summed E-state index contributed by atoms with van der Waals surface area (Å²) < 4.78 is 0. The largest absolute Gasteiger partial charge is 0.480 e. The van der Waals surface area contributed by atoms with Crippen LogP contribution in [0.25, 0.3) is 0 Å². The van der Waals surface area contributed by atoms with E-state index in [2.05, 4.69) is 5.32 Å². The minimum Gasteiger partial charge on any atom is -0.480 e. The second-order valence-electron chi connectivity index (χ2n) is 7.85. The molecule has 0 saturated carbocycles. The Hall–Kier alpha value is -2.06. The van der Waals surface area contributed by atoms with Crippen molar-refractivity contribution >= 4 is 29.6 Å². The molecule has 2 aliphatic rings. The van der Waals surface area contributed by atoms with Crippen molar-refractivity contribution in [1.29, 1.82) is 0 Å². The molecule has 2 heterocycles. The minimum atomic E-state index is -1.01. The number of rotatable bonds is 8. The van der Waals surface area contributed by atoms with Crippen LogP contribution in [0.5, 0.6) is 0 Å². The molecule has 5 atom stereocenters. The highest BCUT2D eigenvalue weighted by molar-refractivity contribution is 7.99. The van der Waals surface area contributed by atoms with Gasteiger partial charge in [0.1, 0.15) is 12.1 Å². The van der Waals surface area contributed by atoms with Gasteiger partial charge in [-0.3, -0.25) is 14.9 Å². The molecule has 0 spiro atoms. The van der Waals surface area contributed by atoms with E-state index in [4.69, 9.17) is 0 Å². The Kier molecular flexibility index (Phi) is 7.18. The Morgan fingerprint density at radius 1 is 1.17 bits per heavy atom. The van der Waals surface area contributed by atoms with Crippen molar-refractivity contribution in [1.82, 2.24) is 10.2 Å². The van der Waals surface area contributed by atoms with Gasteiger partial charge in [0.15, 0.2) is 0 Å². The van der Waals surface area contributed by atoms with Crippen molar-refractivity contribution in [3.05, 3.63) is 35.9 Å². The van der Waals surface area contributed by atoms with E-state index >= 15 is 0 Å². The topological polar surface area (TPSA) is 107 Å². The van der Waals surface area contributed by atoms with Crippen LogP contribution in [0.2, 0.25) is 0 Å². The second kappa shape index (κ2) is 9.63. The van der Waals surface area contributed by atoms with Crippen LogP contribution in [0.3, 0.4) is 0 Å². The van der Waals surface area contributed by atoms with Gasteiger partial charge >= 0.3 is 11.9 Å². The number of fused-ring (bicyclic) bond motifs is 1. The Balaban J connectivity index is 1.67. The van der Waals surface area contributed by atoms with E-state index in [0.717, 1.165) is 23.5 Å². The molecule has 2 aliphatic heterocycles. The monoisotopic (exact) mass is 420 g/mol. The molecular formula is C21H28N2O5S. The number of thioether (sulfide) groups is 1. The lowest BCUT2D eigenvalue weighted by Crippen LogP contribution is -2.61. The van der Waals surface area contributed by atoms with Crippen molar-refractivity contribution in [2.45, 2.75) is 56.8 Å². The van der Waals surface area contributed by atoms with Gasteiger partial charge < -0.3 is 15.1 Å². The van der Waals surface area contributed by atoms with Gasteiger partial charge in [-0.05, 0) is 49.8 Å². The summed E-state index contributed by atoms with van der Waals surface area (Å²) in [5, 5.41) is 22.2. The summed E-state index contributed by atoms with van der Waals surface area (Å²) in [6, 6.07) is 7.04. The number of carboxylic acids is 2. The smallest absolute Gasteiger partial charge is 0.326 e. The highest BCUT2D eigenvalue weighted by atomic mass is 32.2. The molecule has 0 aromatic heterocycles. The lowest BCUT2D eigenvalue weighted by Gasteiger charge is -2.43. The van der Waals surface area contributed by atoms with Crippen molar-refractivity contribution in [2.75, 3.05) is 11.5 Å². The van der Waals surface area contributed by atoms with Crippen LogP contribution < -0.4 is 5.32 Å². The predicted molar refractivity (Wildman–Crippen MR) is 111 cm³/mol. The first-order chi connectivity index (χ1) is 13.9. The molecule has 2 fully saturated rings. The number of aliphatic carboxylic acids is 2. The molecule has 8 heteroatoms. The number of likely N-dealkylation sites (tertiary alicyclic amines) is 1. The maximum Gasteiger partial charge on any atom is 0.326 e. The van der Waals surface area contributed by atoms with E-state index in [0.29, 0.717) is 25.2 Å². The molecule has 158 valence electrons. The third-order valence-electron chi connectivity index (χ3n) is 5.89. The van der Waals surface area contributed by atoms with Crippen LogP contribution >= 0.6 is 11.8 Å². The second-order valence-corrected chi connectivity index (χ2v) is 8.92. The normalized spacial score (nSPS) is 25.8. The fourth-order valence-electron chi connectivity index (χ4n) is 4.30. The first kappa shape index (κ1) is 21.6. The molecule has 7 nitrogen and oxygen atoms in total. The van der Waals surface area contributed by atoms with Crippen LogP contribution in [-0.2, 0) is 20.8 Å². The summed E-state index contributed by atoms with van der Waals surface area (Å²) in [7, 11) is 0. The molecule has 29 heavy (non-hydrogen) atoms. The van der Waals surface area contributed by atoms with Crippen LogP contribution in [0.15, 0.2) is 30.3 Å². The van der Waals surface area contributed by atoms with E-state index < -0.39 is 30.1 Å². The third-order valence-corrected chi connectivity index (χ3v) is 7.13. The number of carbonyl (C=O) groups is 3. The first-order valence-electron chi connectivity index (χ1n) is 10.0. The number of nitrogens with zero attached hydrogens (tertiary/aromatic N) is 1. The summed E-state index contributed by atoms with van der Waals surface area (Å²) in [4.78, 5) is 38.2. The maximum atomic E-state index is 13.2. The number of hydrogen-bond donors (Lipinski definition) is 3. The molecule has 1 aromatic rings. The fraction of sp³-hybridized carbons (Fsp3) is 0.571. The van der Waals surface area contributed by atoms with E-state index in [1.807, 2.05) is 30.3 Å². The molecular weight excluding hydrogens is 392 g/mol. The standard InChI is InChI=1S/C21H28N2O5S/c1-13(22-16(20(25)26)9-7-14-5-3-2-4-6-14)19(24)23-17(21(27)28)10-8-15-11-29-12-18(15)23/h2-6,13,15-18,22H,7-12H2,1H3,(H,25,26)(H,27,28)/t13-,15?,16?,17-,18?/m0/s1. The van der Waals surface area contributed by atoms with Gasteiger partial charge in [0.05, 0.1) is 6.04 Å². The molecule has 3 rings (SSSR count). The van der Waals surface area contributed by atoms with Gasteiger partial charge in [-0.15, -0.1) is 0 Å². The Morgan fingerprint density at radius 3 is 2.55 bits per heavy atom. The van der Waals surface area contributed by atoms with Crippen LogP contribution in [0, 0.1) is 5.92 Å². The molecule has 2 saturated heterocycles. The van der Waals surface area contributed by atoms with E-state index in [1.165, 1.54) is 4.90 Å². The Labute approximate surface area is 174 Å². The zero-order chi connectivity index (χ0) is 21.0. The average molecular weight is 421 g/mol. The van der Waals surface area contributed by atoms with Gasteiger partial charge in [-0.25, -0.2) is 4.79 Å². The molecule has 0 bridgehead atoms. The Bertz CT molecular complexity index is 744. The molecule has 3 N–H and O–H groups in total. The Morgan fingerprint density at radius 2 is 1.90 bits per heavy atom. The highest BCUT2D eigenvalue weighted by Gasteiger charge is 2.46. The van der Waals surface area contributed by atoms with Crippen LogP contribution in [0.1, 0.15) is 31.7 Å². The average Bonchev–Trinajstić information content (AvgIpc) is 3.18. The minimum absolute atomic E-state index is 0.0841. The lowest BCUT2D eigenvalue weighted by molar-refractivity contribution is -0.157. The van der Waals surface area contributed by atoms with E-state index in [-0.39, 0.29) is 11.9 Å². The predicted octanol–water partition coefficient (Wildman–Crippen LogP) is 1.86. The van der Waals surface area contributed by atoms with Crippen molar-refractivity contribution in [3.8, 4) is 0 Å². The number of hydrogen-bond acceptors (Lipinski definition) is 5. The van der Waals surface area contributed by atoms with Gasteiger partial charge in [0.25, 0.3) is 0 Å².